The molecule has 6 rings (SSSR count). The van der Waals surface area contributed by atoms with Gasteiger partial charge in [-0.1, -0.05) is 87.0 Å². The maximum absolute atomic E-state index is 2.46. The van der Waals surface area contributed by atoms with E-state index in [0.717, 1.165) is 24.2 Å². The SMILES string of the molecule is CC1(C)c2ccccc2-c2ccc(Cc3ccc(C4CC5CCC4C5)cc3)cc21. The molecule has 0 amide bonds. The zero-order valence-corrected chi connectivity index (χ0v) is 17.6. The van der Waals surface area contributed by atoms with Crippen molar-refractivity contribution in [2.75, 3.05) is 0 Å². The fourth-order valence-electron chi connectivity index (χ4n) is 6.63. The Hall–Kier alpha value is -2.34. The van der Waals surface area contributed by atoms with Crippen LogP contribution in [0.4, 0.5) is 0 Å². The van der Waals surface area contributed by atoms with Crippen molar-refractivity contribution >= 4 is 0 Å². The van der Waals surface area contributed by atoms with Gasteiger partial charge in [0, 0.05) is 5.41 Å². The maximum atomic E-state index is 2.46. The molecule has 29 heavy (non-hydrogen) atoms. The van der Waals surface area contributed by atoms with Crippen LogP contribution in [0.5, 0.6) is 0 Å². The molecule has 3 atom stereocenters. The van der Waals surface area contributed by atoms with Gasteiger partial charge < -0.3 is 0 Å². The Kier molecular flexibility index (Phi) is 3.82. The van der Waals surface area contributed by atoms with Crippen LogP contribution in [0.15, 0.2) is 66.7 Å². The van der Waals surface area contributed by atoms with Crippen molar-refractivity contribution < 1.29 is 0 Å². The van der Waals surface area contributed by atoms with Gasteiger partial charge >= 0.3 is 0 Å². The highest BCUT2D eigenvalue weighted by Gasteiger charge is 2.40. The predicted octanol–water partition coefficient (Wildman–Crippen LogP) is 7.49. The molecule has 0 N–H and O–H groups in total. The standard InChI is InChI=1S/C29H30/c1-29(2)27-6-4-3-5-24(27)25-14-10-20(18-28(25)29)15-19-7-11-22(12-8-19)26-17-21-9-13-23(26)16-21/h3-8,10-12,14,18,21,23,26H,9,13,15-17H2,1-2H3. The van der Waals surface area contributed by atoms with Gasteiger partial charge in [-0.3, -0.25) is 0 Å². The average Bonchev–Trinajstić information content (AvgIpc) is 3.43. The summed E-state index contributed by atoms with van der Waals surface area (Å²) < 4.78 is 0. The van der Waals surface area contributed by atoms with E-state index in [1.807, 2.05) is 0 Å². The van der Waals surface area contributed by atoms with Crippen LogP contribution in [-0.2, 0) is 11.8 Å². The first kappa shape index (κ1) is 17.5. The van der Waals surface area contributed by atoms with Crippen LogP contribution >= 0.6 is 0 Å². The molecule has 3 aromatic rings. The number of rotatable bonds is 3. The lowest BCUT2D eigenvalue weighted by Gasteiger charge is -2.22. The van der Waals surface area contributed by atoms with Crippen LogP contribution < -0.4 is 0 Å². The van der Waals surface area contributed by atoms with Crippen molar-refractivity contribution in [3.05, 3.63) is 94.5 Å². The third kappa shape index (κ3) is 2.72. The van der Waals surface area contributed by atoms with Crippen LogP contribution in [0.1, 0.15) is 73.3 Å². The van der Waals surface area contributed by atoms with Crippen molar-refractivity contribution in [2.24, 2.45) is 11.8 Å². The molecule has 0 aromatic heterocycles. The second-order valence-electron chi connectivity index (χ2n) is 10.3. The fraction of sp³-hybridized carbons (Fsp3) is 0.379. The topological polar surface area (TPSA) is 0 Å². The number of hydrogen-bond donors (Lipinski definition) is 0. The summed E-state index contributed by atoms with van der Waals surface area (Å²) in [6.45, 7) is 4.73. The number of benzene rings is 3. The van der Waals surface area contributed by atoms with Crippen molar-refractivity contribution in [1.29, 1.82) is 0 Å². The first-order valence-corrected chi connectivity index (χ1v) is 11.4. The lowest BCUT2D eigenvalue weighted by molar-refractivity contribution is 0.420. The van der Waals surface area contributed by atoms with E-state index in [1.165, 1.54) is 59.1 Å². The Morgan fingerprint density at radius 1 is 0.759 bits per heavy atom. The van der Waals surface area contributed by atoms with Crippen molar-refractivity contribution in [3.8, 4) is 11.1 Å². The quantitative estimate of drug-likeness (QED) is 0.443. The summed E-state index contributed by atoms with van der Waals surface area (Å²) in [6, 6.07) is 25.7. The van der Waals surface area contributed by atoms with Gasteiger partial charge in [-0.25, -0.2) is 0 Å². The first-order valence-electron chi connectivity index (χ1n) is 11.4. The predicted molar refractivity (Wildman–Crippen MR) is 121 cm³/mol. The van der Waals surface area contributed by atoms with E-state index in [9.17, 15) is 0 Å². The van der Waals surface area contributed by atoms with E-state index >= 15 is 0 Å². The van der Waals surface area contributed by atoms with Gasteiger partial charge in [0.05, 0.1) is 0 Å². The van der Waals surface area contributed by atoms with Gasteiger partial charge in [0.2, 0.25) is 0 Å². The van der Waals surface area contributed by atoms with Gasteiger partial charge in [0.15, 0.2) is 0 Å². The van der Waals surface area contributed by atoms with Gasteiger partial charge in [0.25, 0.3) is 0 Å². The minimum absolute atomic E-state index is 0.0909. The summed E-state index contributed by atoms with van der Waals surface area (Å²) >= 11 is 0. The summed E-state index contributed by atoms with van der Waals surface area (Å²) in [5.74, 6) is 2.82. The Morgan fingerprint density at radius 3 is 2.28 bits per heavy atom. The summed E-state index contributed by atoms with van der Waals surface area (Å²) in [4.78, 5) is 0. The average molecular weight is 379 g/mol. The van der Waals surface area contributed by atoms with E-state index in [0.29, 0.717) is 0 Å². The molecule has 0 heteroatoms. The molecule has 3 unspecified atom stereocenters. The first-order chi connectivity index (χ1) is 14.1. The van der Waals surface area contributed by atoms with E-state index in [4.69, 9.17) is 0 Å². The zero-order valence-electron chi connectivity index (χ0n) is 17.6. The zero-order chi connectivity index (χ0) is 19.6. The highest BCUT2D eigenvalue weighted by molar-refractivity contribution is 5.80. The summed E-state index contributed by atoms with van der Waals surface area (Å²) in [5, 5.41) is 0. The summed E-state index contributed by atoms with van der Waals surface area (Å²) in [6.07, 6.45) is 6.89. The highest BCUT2D eigenvalue weighted by atomic mass is 14.4. The number of hydrogen-bond acceptors (Lipinski definition) is 0. The monoisotopic (exact) mass is 378 g/mol. The van der Waals surface area contributed by atoms with Gasteiger partial charge in [-0.05, 0) is 82.4 Å². The molecule has 0 aliphatic heterocycles. The van der Waals surface area contributed by atoms with E-state index < -0.39 is 0 Å². The largest absolute Gasteiger partial charge is 0.0619 e. The lowest BCUT2D eigenvalue weighted by atomic mass is 9.81. The Morgan fingerprint density at radius 2 is 1.52 bits per heavy atom. The van der Waals surface area contributed by atoms with Gasteiger partial charge in [-0.2, -0.15) is 0 Å². The van der Waals surface area contributed by atoms with Crippen LogP contribution in [0.2, 0.25) is 0 Å². The highest BCUT2D eigenvalue weighted by Crippen LogP contribution is 2.53. The maximum Gasteiger partial charge on any atom is 0.0158 e. The third-order valence-corrected chi connectivity index (χ3v) is 8.20. The van der Waals surface area contributed by atoms with Crippen LogP contribution in [0.3, 0.4) is 0 Å². The van der Waals surface area contributed by atoms with E-state index in [-0.39, 0.29) is 5.41 Å². The second-order valence-corrected chi connectivity index (χ2v) is 10.3. The fourth-order valence-corrected chi connectivity index (χ4v) is 6.63. The molecule has 3 aliphatic rings. The molecule has 2 bridgehead atoms. The molecular formula is C29H30. The Bertz CT molecular complexity index is 1070. The molecule has 2 saturated carbocycles. The molecule has 0 saturated heterocycles. The van der Waals surface area contributed by atoms with Crippen LogP contribution in [-0.4, -0.2) is 0 Å². The van der Waals surface area contributed by atoms with Gasteiger partial charge in [0.1, 0.15) is 0 Å². The minimum atomic E-state index is 0.0909. The third-order valence-electron chi connectivity index (χ3n) is 8.20. The molecule has 0 spiro atoms. The van der Waals surface area contributed by atoms with Crippen molar-refractivity contribution in [2.45, 2.75) is 57.3 Å². The summed E-state index contributed by atoms with van der Waals surface area (Å²) in [7, 11) is 0. The molecule has 0 heterocycles. The second kappa shape index (κ2) is 6.33. The lowest BCUT2D eigenvalue weighted by Crippen LogP contribution is -2.15. The van der Waals surface area contributed by atoms with Crippen molar-refractivity contribution in [3.63, 3.8) is 0 Å². The van der Waals surface area contributed by atoms with Crippen molar-refractivity contribution in [1.82, 2.24) is 0 Å². The molecule has 0 nitrogen and oxygen atoms in total. The molecule has 146 valence electrons. The molecule has 2 fully saturated rings. The van der Waals surface area contributed by atoms with Crippen LogP contribution in [0.25, 0.3) is 11.1 Å². The molecule has 3 aliphatic carbocycles. The normalized spacial score (nSPS) is 25.8. The Balaban J connectivity index is 1.26. The van der Waals surface area contributed by atoms with E-state index in [1.54, 1.807) is 5.56 Å². The van der Waals surface area contributed by atoms with E-state index in [2.05, 4.69) is 80.6 Å². The molecule has 3 aromatic carbocycles. The minimum Gasteiger partial charge on any atom is -0.0619 e. The summed E-state index contributed by atoms with van der Waals surface area (Å²) in [5.41, 5.74) is 10.3. The molecular weight excluding hydrogens is 348 g/mol. The smallest absolute Gasteiger partial charge is 0.0158 e. The Labute approximate surface area is 175 Å². The molecule has 0 radical (unpaired) electrons. The van der Waals surface area contributed by atoms with Gasteiger partial charge in [-0.15, -0.1) is 0 Å². The number of fused-ring (bicyclic) bond motifs is 5. The van der Waals surface area contributed by atoms with Crippen LogP contribution in [0, 0.1) is 11.8 Å².